The monoisotopic (exact) mass is 475 g/mol. The smallest absolute Gasteiger partial charge is 0.306 e. The lowest BCUT2D eigenvalue weighted by Gasteiger charge is -2.05. The van der Waals surface area contributed by atoms with Crippen LogP contribution in [0.1, 0.15) is 108 Å². The van der Waals surface area contributed by atoms with E-state index in [-0.39, 0.29) is 17.8 Å². The first kappa shape index (κ1) is 29.3. The quantitative estimate of drug-likeness (QED) is 0.170. The van der Waals surface area contributed by atoms with E-state index in [1.807, 2.05) is 30.3 Å². The van der Waals surface area contributed by atoms with Gasteiger partial charge in [0.05, 0.1) is 0 Å². The average molecular weight is 476 g/mol. The molecule has 0 atom stereocenters. The molecule has 1 fully saturated rings. The van der Waals surface area contributed by atoms with Gasteiger partial charge in [-0.1, -0.05) is 94.5 Å². The summed E-state index contributed by atoms with van der Waals surface area (Å²) in [5, 5.41) is 10.7. The predicted octanol–water partition coefficient (Wildman–Crippen LogP) is 5.70. The van der Waals surface area contributed by atoms with Gasteiger partial charge in [0, 0.05) is 25.7 Å². The molecule has 7 heteroatoms. The number of carboxylic acid groups (broad SMARTS) is 1. The molecule has 0 spiro atoms. The first-order chi connectivity index (χ1) is 16.5. The fraction of sp³-hybridized carbons (Fsp3) is 0.630. The largest absolute Gasteiger partial charge is 0.481 e. The summed E-state index contributed by atoms with van der Waals surface area (Å²) >= 11 is 0. The van der Waals surface area contributed by atoms with Crippen molar-refractivity contribution in [3.05, 3.63) is 35.9 Å². The highest BCUT2D eigenvalue weighted by Gasteiger charge is 2.15. The lowest BCUT2D eigenvalue weighted by atomic mass is 10.0. The second kappa shape index (κ2) is 19.7. The minimum absolute atomic E-state index is 0.0952. The number of aliphatic carboxylic acids is 1. The van der Waals surface area contributed by atoms with Crippen molar-refractivity contribution in [3.8, 4) is 0 Å². The number of benzene rings is 1. The summed E-state index contributed by atoms with van der Waals surface area (Å²) in [4.78, 5) is 42.3. The molecule has 2 N–H and O–H groups in total. The van der Waals surface area contributed by atoms with Crippen LogP contribution in [0.5, 0.6) is 0 Å². The Morgan fingerprint density at radius 2 is 1.15 bits per heavy atom. The Hall–Kier alpha value is -2.70. The first-order valence-corrected chi connectivity index (χ1v) is 12.7. The predicted molar refractivity (Wildman–Crippen MR) is 131 cm³/mol. The molecule has 1 saturated heterocycles. The molecule has 0 aliphatic carbocycles. The van der Waals surface area contributed by atoms with Gasteiger partial charge in [0.1, 0.15) is 6.61 Å². The minimum atomic E-state index is -0.681. The van der Waals surface area contributed by atoms with Crippen LogP contribution in [-0.4, -0.2) is 28.9 Å². The molecule has 190 valence electrons. The van der Waals surface area contributed by atoms with Crippen LogP contribution in [0.2, 0.25) is 0 Å². The Labute approximate surface area is 203 Å². The molecule has 1 aliphatic heterocycles. The lowest BCUT2D eigenvalue weighted by molar-refractivity contribution is -0.145. The van der Waals surface area contributed by atoms with Gasteiger partial charge in [-0.05, 0) is 18.4 Å². The third-order valence-electron chi connectivity index (χ3n) is 5.62. The van der Waals surface area contributed by atoms with Crippen LogP contribution < -0.4 is 5.32 Å². The van der Waals surface area contributed by atoms with Crippen LogP contribution in [0, 0.1) is 0 Å². The van der Waals surface area contributed by atoms with Crippen LogP contribution >= 0.6 is 0 Å². The van der Waals surface area contributed by atoms with E-state index in [1.54, 1.807) is 0 Å². The number of hydrogen-bond acceptors (Lipinski definition) is 5. The van der Waals surface area contributed by atoms with Gasteiger partial charge in [0.25, 0.3) is 0 Å². The van der Waals surface area contributed by atoms with Crippen LogP contribution in [0.4, 0.5) is 0 Å². The molecule has 0 radical (unpaired) electrons. The number of imide groups is 1. The van der Waals surface area contributed by atoms with Crippen LogP contribution in [0.3, 0.4) is 0 Å². The molecule has 34 heavy (non-hydrogen) atoms. The molecular weight excluding hydrogens is 434 g/mol. The summed E-state index contributed by atoms with van der Waals surface area (Å²) in [6, 6.07) is 9.79. The van der Waals surface area contributed by atoms with E-state index in [2.05, 4.69) is 5.32 Å². The highest BCUT2D eigenvalue weighted by Crippen LogP contribution is 2.13. The number of hydrogen-bond donors (Lipinski definition) is 2. The van der Waals surface area contributed by atoms with E-state index in [0.717, 1.165) is 37.7 Å². The number of carbonyl (C=O) groups excluding carboxylic acids is 3. The van der Waals surface area contributed by atoms with Crippen LogP contribution in [0.25, 0.3) is 0 Å². The molecule has 2 rings (SSSR count). The summed E-state index contributed by atoms with van der Waals surface area (Å²) < 4.78 is 5.28. The highest BCUT2D eigenvalue weighted by molar-refractivity contribution is 6.01. The van der Waals surface area contributed by atoms with E-state index in [9.17, 15) is 19.2 Å². The zero-order valence-corrected chi connectivity index (χ0v) is 20.4. The summed E-state index contributed by atoms with van der Waals surface area (Å²) in [6.07, 6.45) is 15.4. The van der Waals surface area contributed by atoms with Gasteiger partial charge < -0.3 is 9.84 Å². The van der Waals surface area contributed by atoms with Gasteiger partial charge in [0.15, 0.2) is 0 Å². The normalized spacial score (nSPS) is 12.6. The molecule has 0 bridgehead atoms. The summed E-state index contributed by atoms with van der Waals surface area (Å²) in [5.41, 5.74) is 1.03. The molecule has 1 aromatic carbocycles. The fourth-order valence-electron chi connectivity index (χ4n) is 3.63. The summed E-state index contributed by atoms with van der Waals surface area (Å²) in [6.45, 7) is 0.374. The Morgan fingerprint density at radius 3 is 1.56 bits per heavy atom. The number of ether oxygens (including phenoxy) is 1. The van der Waals surface area contributed by atoms with Crippen molar-refractivity contribution in [2.45, 2.75) is 109 Å². The van der Waals surface area contributed by atoms with E-state index < -0.39 is 5.97 Å². The molecule has 1 aliphatic rings. The molecule has 7 nitrogen and oxygen atoms in total. The van der Waals surface area contributed by atoms with Crippen molar-refractivity contribution in [1.82, 2.24) is 5.32 Å². The van der Waals surface area contributed by atoms with Gasteiger partial charge in [-0.25, -0.2) is 0 Å². The number of nitrogens with one attached hydrogen (secondary N) is 1. The van der Waals surface area contributed by atoms with Gasteiger partial charge in [-0.3, -0.25) is 24.5 Å². The maximum absolute atomic E-state index is 11.7. The van der Waals surface area contributed by atoms with Gasteiger partial charge in [0.2, 0.25) is 11.8 Å². The van der Waals surface area contributed by atoms with Crippen molar-refractivity contribution >= 4 is 23.8 Å². The first-order valence-electron chi connectivity index (χ1n) is 12.7. The number of rotatable bonds is 17. The lowest BCUT2D eigenvalue weighted by Crippen LogP contribution is -2.18. The number of esters is 1. The Morgan fingerprint density at radius 1 is 0.706 bits per heavy atom. The highest BCUT2D eigenvalue weighted by atomic mass is 16.5. The number of unbranched alkanes of at least 4 members (excludes halogenated alkanes) is 11. The summed E-state index contributed by atoms with van der Waals surface area (Å²) in [5.74, 6) is -1.07. The van der Waals surface area contributed by atoms with Crippen molar-refractivity contribution in [3.63, 3.8) is 0 Å². The molecule has 0 saturated carbocycles. The zero-order chi connectivity index (χ0) is 24.9. The Kier molecular flexibility index (Phi) is 17.0. The Balaban J connectivity index is 0.000000700. The average Bonchev–Trinajstić information content (AvgIpc) is 3.21. The molecule has 1 aromatic rings. The van der Waals surface area contributed by atoms with E-state index >= 15 is 0 Å². The van der Waals surface area contributed by atoms with E-state index in [1.165, 1.54) is 44.9 Å². The van der Waals surface area contributed by atoms with Gasteiger partial charge in [-0.2, -0.15) is 0 Å². The maximum Gasteiger partial charge on any atom is 0.306 e. The number of carbonyl (C=O) groups is 4. The molecule has 0 aromatic heterocycles. The number of amides is 2. The van der Waals surface area contributed by atoms with Crippen molar-refractivity contribution in [1.29, 1.82) is 0 Å². The zero-order valence-electron chi connectivity index (χ0n) is 20.4. The molecular formula is C27H41NO6. The third kappa shape index (κ3) is 17.8. The van der Waals surface area contributed by atoms with Gasteiger partial charge in [-0.15, -0.1) is 0 Å². The second-order valence-corrected chi connectivity index (χ2v) is 8.75. The van der Waals surface area contributed by atoms with Crippen molar-refractivity contribution in [2.75, 3.05) is 0 Å². The van der Waals surface area contributed by atoms with E-state index in [4.69, 9.17) is 9.84 Å². The number of carboxylic acids is 1. The minimum Gasteiger partial charge on any atom is -0.481 e. The van der Waals surface area contributed by atoms with Crippen LogP contribution in [-0.2, 0) is 30.5 Å². The van der Waals surface area contributed by atoms with Crippen LogP contribution in [0.15, 0.2) is 30.3 Å². The molecule has 1 heterocycles. The standard InChI is InChI=1S/C23H36O4.C4H5NO2/c24-22(25)18-14-9-7-5-3-1-2-4-6-8-10-15-19-23(26)27-20-21-16-12-11-13-17-21;6-3-1-2-4(7)5-3/h11-13,16-17H,1-10,14-15,18-20H2,(H,24,25);1-2H2,(H,5,6,7). The fourth-order valence-corrected chi connectivity index (χ4v) is 3.63. The molecule has 2 amide bonds. The second-order valence-electron chi connectivity index (χ2n) is 8.75. The molecule has 0 unspecified atom stereocenters. The summed E-state index contributed by atoms with van der Waals surface area (Å²) in [7, 11) is 0. The SMILES string of the molecule is O=C(O)CCCCCCCCCCCCCCC(=O)OCc1ccccc1.O=C1CCC(=O)N1. The van der Waals surface area contributed by atoms with Crippen molar-refractivity contribution in [2.24, 2.45) is 0 Å². The maximum atomic E-state index is 11.7. The van der Waals surface area contributed by atoms with Gasteiger partial charge >= 0.3 is 11.9 Å². The van der Waals surface area contributed by atoms with E-state index in [0.29, 0.717) is 32.3 Å². The van der Waals surface area contributed by atoms with Crippen molar-refractivity contribution < 1.29 is 29.0 Å². The Bertz CT molecular complexity index is 705. The topological polar surface area (TPSA) is 110 Å². The third-order valence-corrected chi connectivity index (χ3v) is 5.62.